The SMILES string of the molecule is CC[C@H](C)[C@H](NC(=O)CC(N)C(Cc1ccccc1)NC(=O)[C@@H](NC(=O)CCc1ccccc1)C(C)C)C(=O)N[C@H](C(=O)O)C(C)C. The van der Waals surface area contributed by atoms with Crippen molar-refractivity contribution < 1.29 is 29.1 Å². The molecule has 0 aromatic heterocycles. The van der Waals surface area contributed by atoms with Gasteiger partial charge in [-0.25, -0.2) is 4.79 Å². The second-order valence-corrected chi connectivity index (χ2v) is 12.9. The number of hydrogen-bond donors (Lipinski definition) is 6. The Balaban J connectivity index is 2.17. The van der Waals surface area contributed by atoms with Crippen LogP contribution in [0.4, 0.5) is 0 Å². The molecule has 0 radical (unpaired) electrons. The molecule has 0 fully saturated rings. The largest absolute Gasteiger partial charge is 0.480 e. The molecule has 2 aromatic rings. The number of nitrogens with two attached hydrogens (primary N) is 1. The highest BCUT2D eigenvalue weighted by molar-refractivity contribution is 5.91. The lowest BCUT2D eigenvalue weighted by atomic mass is 9.94. The number of carbonyl (C=O) groups excluding carboxylic acids is 4. The van der Waals surface area contributed by atoms with E-state index in [9.17, 15) is 29.1 Å². The lowest BCUT2D eigenvalue weighted by molar-refractivity contribution is -0.143. The third-order valence-electron chi connectivity index (χ3n) is 8.36. The van der Waals surface area contributed by atoms with Crippen LogP contribution in [0.15, 0.2) is 60.7 Å². The van der Waals surface area contributed by atoms with E-state index >= 15 is 0 Å². The fourth-order valence-corrected chi connectivity index (χ4v) is 5.18. The zero-order chi connectivity index (χ0) is 35.1. The second kappa shape index (κ2) is 19.4. The minimum atomic E-state index is -1.16. The summed E-state index contributed by atoms with van der Waals surface area (Å²) in [4.78, 5) is 64.6. The highest BCUT2D eigenvalue weighted by Crippen LogP contribution is 2.14. The molecule has 0 heterocycles. The molecule has 2 unspecified atom stereocenters. The van der Waals surface area contributed by atoms with Crippen molar-refractivity contribution in [3.63, 3.8) is 0 Å². The van der Waals surface area contributed by atoms with Gasteiger partial charge in [0.1, 0.15) is 18.1 Å². The number of hydrogen-bond acceptors (Lipinski definition) is 6. The molecule has 0 aliphatic rings. The molecule has 0 spiro atoms. The van der Waals surface area contributed by atoms with Crippen LogP contribution in [0.3, 0.4) is 0 Å². The van der Waals surface area contributed by atoms with Gasteiger partial charge in [0.15, 0.2) is 0 Å². The maximum Gasteiger partial charge on any atom is 0.326 e. The van der Waals surface area contributed by atoms with E-state index in [2.05, 4.69) is 21.3 Å². The predicted molar refractivity (Wildman–Crippen MR) is 182 cm³/mol. The summed E-state index contributed by atoms with van der Waals surface area (Å²) in [7, 11) is 0. The molecule has 2 rings (SSSR count). The predicted octanol–water partition coefficient (Wildman–Crippen LogP) is 2.96. The number of carboxylic acid groups (broad SMARTS) is 1. The standard InChI is InChI=1S/C36H53N5O6/c1-7-24(6)33(35(45)41-32(23(4)5)36(46)47)40-30(43)21-27(37)28(20-26-16-12-9-13-17-26)38-34(44)31(22(2)3)39-29(42)19-18-25-14-10-8-11-15-25/h8-17,22-24,27-28,31-33H,7,18-21,37H2,1-6H3,(H,38,44)(H,39,42)(H,40,43)(H,41,45)(H,46,47)/t24-,27?,28?,31-,32-,33-/m0/s1. The van der Waals surface area contributed by atoms with Crippen molar-refractivity contribution in [1.82, 2.24) is 21.3 Å². The van der Waals surface area contributed by atoms with Gasteiger partial charge in [0, 0.05) is 24.9 Å². The van der Waals surface area contributed by atoms with Crippen LogP contribution in [0.2, 0.25) is 0 Å². The smallest absolute Gasteiger partial charge is 0.326 e. The van der Waals surface area contributed by atoms with Crippen molar-refractivity contribution in [2.24, 2.45) is 23.5 Å². The quantitative estimate of drug-likeness (QED) is 0.135. The Labute approximate surface area is 278 Å². The second-order valence-electron chi connectivity index (χ2n) is 12.9. The van der Waals surface area contributed by atoms with Crippen molar-refractivity contribution in [3.8, 4) is 0 Å². The highest BCUT2D eigenvalue weighted by atomic mass is 16.4. The van der Waals surface area contributed by atoms with E-state index in [1.807, 2.05) is 81.4 Å². The lowest BCUT2D eigenvalue weighted by Gasteiger charge is -2.30. The van der Waals surface area contributed by atoms with Gasteiger partial charge < -0.3 is 32.1 Å². The molecule has 0 aliphatic heterocycles. The minimum Gasteiger partial charge on any atom is -0.480 e. The first-order valence-corrected chi connectivity index (χ1v) is 16.5. The highest BCUT2D eigenvalue weighted by Gasteiger charge is 2.33. The van der Waals surface area contributed by atoms with Crippen molar-refractivity contribution in [3.05, 3.63) is 71.8 Å². The average Bonchev–Trinajstić information content (AvgIpc) is 3.03. The molecule has 11 heteroatoms. The van der Waals surface area contributed by atoms with E-state index in [4.69, 9.17) is 5.73 Å². The number of amides is 4. The Morgan fingerprint density at radius 1 is 0.681 bits per heavy atom. The molecule has 0 saturated heterocycles. The Hall–Kier alpha value is -4.25. The average molecular weight is 652 g/mol. The maximum atomic E-state index is 13.6. The molecule has 7 N–H and O–H groups in total. The van der Waals surface area contributed by atoms with Crippen LogP contribution in [-0.2, 0) is 36.8 Å². The van der Waals surface area contributed by atoms with Gasteiger partial charge in [0.25, 0.3) is 0 Å². The van der Waals surface area contributed by atoms with E-state index in [1.54, 1.807) is 20.8 Å². The molecular weight excluding hydrogens is 598 g/mol. The third-order valence-corrected chi connectivity index (χ3v) is 8.36. The van der Waals surface area contributed by atoms with Gasteiger partial charge in [-0.05, 0) is 41.7 Å². The van der Waals surface area contributed by atoms with Gasteiger partial charge >= 0.3 is 5.97 Å². The van der Waals surface area contributed by atoms with Crippen LogP contribution in [0.25, 0.3) is 0 Å². The summed E-state index contributed by atoms with van der Waals surface area (Å²) in [6, 6.07) is 14.6. The van der Waals surface area contributed by atoms with E-state index in [1.165, 1.54) is 0 Å². The number of rotatable bonds is 19. The van der Waals surface area contributed by atoms with Crippen LogP contribution >= 0.6 is 0 Å². The third kappa shape index (κ3) is 13.2. The summed E-state index contributed by atoms with van der Waals surface area (Å²) < 4.78 is 0. The number of aryl methyl sites for hydroxylation is 1. The number of benzene rings is 2. The molecule has 258 valence electrons. The van der Waals surface area contributed by atoms with E-state index in [0.717, 1.165) is 11.1 Å². The fourth-order valence-electron chi connectivity index (χ4n) is 5.18. The first kappa shape index (κ1) is 38.9. The van der Waals surface area contributed by atoms with E-state index < -0.39 is 53.9 Å². The summed E-state index contributed by atoms with van der Waals surface area (Å²) >= 11 is 0. The Morgan fingerprint density at radius 3 is 1.70 bits per heavy atom. The number of carboxylic acids is 1. The summed E-state index contributed by atoms with van der Waals surface area (Å²) in [6.45, 7) is 10.7. The molecule has 4 amide bonds. The number of carbonyl (C=O) groups is 5. The van der Waals surface area contributed by atoms with Gasteiger partial charge in [-0.1, -0.05) is 109 Å². The molecule has 2 aromatic carbocycles. The Kier molecular flexibility index (Phi) is 16.1. The summed E-state index contributed by atoms with van der Waals surface area (Å²) in [5, 5.41) is 20.7. The molecule has 11 nitrogen and oxygen atoms in total. The first-order chi connectivity index (χ1) is 22.2. The van der Waals surface area contributed by atoms with Gasteiger partial charge in [0.2, 0.25) is 23.6 Å². The number of nitrogens with one attached hydrogen (secondary N) is 4. The van der Waals surface area contributed by atoms with Crippen LogP contribution < -0.4 is 27.0 Å². The van der Waals surface area contributed by atoms with Gasteiger partial charge in [0.05, 0.1) is 0 Å². The summed E-state index contributed by atoms with van der Waals surface area (Å²) in [5.74, 6) is -3.76. The monoisotopic (exact) mass is 651 g/mol. The summed E-state index contributed by atoms with van der Waals surface area (Å²) in [6.07, 6.45) is 1.45. The molecule has 47 heavy (non-hydrogen) atoms. The zero-order valence-electron chi connectivity index (χ0n) is 28.5. The normalized spacial score (nSPS) is 15.1. The van der Waals surface area contributed by atoms with Gasteiger partial charge in [-0.15, -0.1) is 0 Å². The van der Waals surface area contributed by atoms with Crippen LogP contribution in [0, 0.1) is 17.8 Å². The first-order valence-electron chi connectivity index (χ1n) is 16.5. The fraction of sp³-hybridized carbons (Fsp3) is 0.528. The zero-order valence-corrected chi connectivity index (χ0v) is 28.5. The Bertz CT molecular complexity index is 1300. The number of aliphatic carboxylic acids is 1. The van der Waals surface area contributed by atoms with E-state index in [-0.39, 0.29) is 36.5 Å². The Morgan fingerprint density at radius 2 is 1.19 bits per heavy atom. The molecule has 0 saturated carbocycles. The molecular formula is C36H53N5O6. The maximum absolute atomic E-state index is 13.6. The van der Waals surface area contributed by atoms with Crippen molar-refractivity contribution in [2.45, 2.75) is 104 Å². The molecule has 6 atom stereocenters. The van der Waals surface area contributed by atoms with Crippen molar-refractivity contribution in [1.29, 1.82) is 0 Å². The van der Waals surface area contributed by atoms with Gasteiger partial charge in [-0.3, -0.25) is 19.2 Å². The van der Waals surface area contributed by atoms with Crippen LogP contribution in [0.1, 0.15) is 71.9 Å². The van der Waals surface area contributed by atoms with E-state index in [0.29, 0.717) is 19.3 Å². The van der Waals surface area contributed by atoms with Crippen LogP contribution in [0.5, 0.6) is 0 Å². The van der Waals surface area contributed by atoms with Crippen LogP contribution in [-0.4, -0.2) is 64.9 Å². The van der Waals surface area contributed by atoms with Gasteiger partial charge in [-0.2, -0.15) is 0 Å². The lowest BCUT2D eigenvalue weighted by Crippen LogP contribution is -2.58. The van der Waals surface area contributed by atoms with Crippen molar-refractivity contribution in [2.75, 3.05) is 0 Å². The summed E-state index contributed by atoms with van der Waals surface area (Å²) in [5.41, 5.74) is 8.50. The molecule has 0 aliphatic carbocycles. The molecule has 0 bridgehead atoms. The minimum absolute atomic E-state index is 0.208. The topological polar surface area (TPSA) is 180 Å². The van der Waals surface area contributed by atoms with Crippen molar-refractivity contribution >= 4 is 29.6 Å².